The molecule has 1 aliphatic rings. The van der Waals surface area contributed by atoms with Gasteiger partial charge in [-0.3, -0.25) is 9.69 Å². The van der Waals surface area contributed by atoms with Crippen molar-refractivity contribution in [3.05, 3.63) is 51.0 Å². The van der Waals surface area contributed by atoms with E-state index in [4.69, 9.17) is 9.15 Å². The monoisotopic (exact) mass is 431 g/mol. The number of amides is 1. The summed E-state index contributed by atoms with van der Waals surface area (Å²) in [4.78, 5) is 33.9. The van der Waals surface area contributed by atoms with Crippen LogP contribution >= 0.6 is 15.9 Å². The van der Waals surface area contributed by atoms with Crippen molar-refractivity contribution >= 4 is 44.1 Å². The van der Waals surface area contributed by atoms with Gasteiger partial charge in [-0.05, 0) is 39.0 Å². The van der Waals surface area contributed by atoms with Gasteiger partial charge in [-0.15, -0.1) is 0 Å². The Balaban J connectivity index is 1.80. The van der Waals surface area contributed by atoms with Crippen LogP contribution in [0, 0.1) is 0 Å². The van der Waals surface area contributed by atoms with Gasteiger partial charge < -0.3 is 14.1 Å². The van der Waals surface area contributed by atoms with Crippen LogP contribution in [0.25, 0.3) is 22.1 Å². The van der Waals surface area contributed by atoms with Gasteiger partial charge in [-0.1, -0.05) is 28.1 Å². The summed E-state index contributed by atoms with van der Waals surface area (Å²) < 4.78 is 12.0. The second kappa shape index (κ2) is 6.23. The van der Waals surface area contributed by atoms with Crippen LogP contribution in [0.3, 0.4) is 0 Å². The summed E-state index contributed by atoms with van der Waals surface area (Å²) in [6.07, 6.45) is 3.22. The largest absolute Gasteiger partial charge is 0.449 e. The Morgan fingerprint density at radius 3 is 2.93 bits per heavy atom. The molecule has 1 aromatic carbocycles. The zero-order valence-electron chi connectivity index (χ0n) is 15.1. The number of nitrogens with zero attached hydrogens (tertiary/aromatic N) is 2. The molecule has 1 atom stereocenters. The van der Waals surface area contributed by atoms with E-state index < -0.39 is 17.7 Å². The third kappa shape index (κ3) is 3.25. The van der Waals surface area contributed by atoms with Gasteiger partial charge >= 0.3 is 6.09 Å². The molecule has 1 N–H and O–H groups in total. The number of hydrogen-bond acceptors (Lipinski definition) is 5. The maximum absolute atomic E-state index is 12.6. The Bertz CT molecular complexity index is 1140. The number of H-pyrrole nitrogens is 1. The van der Waals surface area contributed by atoms with E-state index in [0.29, 0.717) is 23.5 Å². The topological polar surface area (TPSA) is 88.4 Å². The van der Waals surface area contributed by atoms with Crippen LogP contribution in [0.4, 0.5) is 4.79 Å². The number of furan rings is 1. The number of ether oxygens (including phenoxy) is 1. The molecule has 4 rings (SSSR count). The lowest BCUT2D eigenvalue weighted by Gasteiger charge is -2.28. The number of aromatic amines is 1. The van der Waals surface area contributed by atoms with Gasteiger partial charge in [-0.2, -0.15) is 0 Å². The first-order valence-electron chi connectivity index (χ1n) is 8.51. The minimum absolute atomic E-state index is 0.164. The highest BCUT2D eigenvalue weighted by Gasteiger charge is 2.32. The minimum Gasteiger partial charge on any atom is -0.449 e. The number of nitrogens with one attached hydrogen (secondary N) is 1. The second-order valence-electron chi connectivity index (χ2n) is 7.38. The summed E-state index contributed by atoms with van der Waals surface area (Å²) in [6.45, 7) is 5.82. The first kappa shape index (κ1) is 17.8. The van der Waals surface area contributed by atoms with Crippen LogP contribution in [0.5, 0.6) is 0 Å². The van der Waals surface area contributed by atoms with Crippen molar-refractivity contribution in [1.82, 2.24) is 14.9 Å². The molecule has 0 saturated heterocycles. The molecule has 3 heterocycles. The van der Waals surface area contributed by atoms with Crippen molar-refractivity contribution in [2.24, 2.45) is 0 Å². The minimum atomic E-state index is -0.609. The summed E-state index contributed by atoms with van der Waals surface area (Å²) in [5.41, 5.74) is 0.218. The van der Waals surface area contributed by atoms with Crippen LogP contribution in [0.2, 0.25) is 0 Å². The fraction of sp³-hybridized carbons (Fsp3) is 0.316. The number of carbonyl (C=O) groups is 1. The number of fused-ring (bicyclic) bond motifs is 3. The average Bonchev–Trinajstić information content (AvgIpc) is 3.18. The van der Waals surface area contributed by atoms with Gasteiger partial charge in [-0.25, -0.2) is 9.78 Å². The lowest BCUT2D eigenvalue weighted by atomic mass is 10.2. The third-order valence-electron chi connectivity index (χ3n) is 4.17. The molecule has 1 amide bonds. The fourth-order valence-electron chi connectivity index (χ4n) is 3.05. The molecule has 2 aromatic heterocycles. The zero-order valence-corrected chi connectivity index (χ0v) is 16.7. The molecular weight excluding hydrogens is 414 g/mol. The molecule has 0 radical (unpaired) electrons. The maximum Gasteiger partial charge on any atom is 0.411 e. The van der Waals surface area contributed by atoms with Gasteiger partial charge in [0, 0.05) is 16.4 Å². The molecule has 0 aliphatic carbocycles. The molecule has 140 valence electrons. The predicted octanol–water partition coefficient (Wildman–Crippen LogP) is 4.28. The lowest BCUT2D eigenvalue weighted by Crippen LogP contribution is -2.37. The molecule has 0 spiro atoms. The van der Waals surface area contributed by atoms with E-state index in [2.05, 4.69) is 25.9 Å². The fourth-order valence-corrected chi connectivity index (χ4v) is 3.41. The van der Waals surface area contributed by atoms with E-state index in [0.717, 1.165) is 9.86 Å². The lowest BCUT2D eigenvalue weighted by molar-refractivity contribution is 0.0235. The Hall–Kier alpha value is -2.61. The quantitative estimate of drug-likeness (QED) is 0.580. The summed E-state index contributed by atoms with van der Waals surface area (Å²) in [5.74, 6) is 0.370. The van der Waals surface area contributed by atoms with Crippen LogP contribution in [-0.2, 0) is 4.74 Å². The molecule has 0 bridgehead atoms. The van der Waals surface area contributed by atoms with Crippen molar-refractivity contribution in [3.8, 4) is 0 Å². The van der Waals surface area contributed by atoms with Crippen LogP contribution in [-0.4, -0.2) is 33.1 Å². The van der Waals surface area contributed by atoms with E-state index in [9.17, 15) is 9.59 Å². The SMILES string of the molecule is CC(C)(C)OC(=O)N1CC=CC1c1nc2c(oc3ccc(Br)cc32)c(=O)[nH]1. The number of hydrogen-bond donors (Lipinski definition) is 1. The average molecular weight is 432 g/mol. The molecule has 1 aliphatic heterocycles. The third-order valence-corrected chi connectivity index (χ3v) is 4.66. The Morgan fingerprint density at radius 2 is 2.19 bits per heavy atom. The molecule has 8 heteroatoms. The number of benzene rings is 1. The number of rotatable bonds is 1. The predicted molar refractivity (Wildman–Crippen MR) is 105 cm³/mol. The molecular formula is C19H18BrN3O4. The van der Waals surface area contributed by atoms with Crippen molar-refractivity contribution in [2.75, 3.05) is 6.54 Å². The molecule has 3 aromatic rings. The van der Waals surface area contributed by atoms with Crippen LogP contribution in [0.1, 0.15) is 32.6 Å². The van der Waals surface area contributed by atoms with Gasteiger partial charge in [0.15, 0.2) is 0 Å². The smallest absolute Gasteiger partial charge is 0.411 e. The maximum atomic E-state index is 12.6. The first-order chi connectivity index (χ1) is 12.7. The summed E-state index contributed by atoms with van der Waals surface area (Å²) in [6, 6.07) is 4.97. The highest BCUT2D eigenvalue weighted by Crippen LogP contribution is 2.31. The van der Waals surface area contributed by atoms with Crippen molar-refractivity contribution < 1.29 is 13.9 Å². The zero-order chi connectivity index (χ0) is 19.3. The summed E-state index contributed by atoms with van der Waals surface area (Å²) in [7, 11) is 0. The summed E-state index contributed by atoms with van der Waals surface area (Å²) in [5, 5.41) is 0.734. The molecule has 7 nitrogen and oxygen atoms in total. The van der Waals surface area contributed by atoms with Gasteiger partial charge in [0.25, 0.3) is 5.56 Å². The van der Waals surface area contributed by atoms with Gasteiger partial charge in [0.05, 0.1) is 0 Å². The van der Waals surface area contributed by atoms with Crippen LogP contribution < -0.4 is 5.56 Å². The highest BCUT2D eigenvalue weighted by atomic mass is 79.9. The second-order valence-corrected chi connectivity index (χ2v) is 8.29. The molecule has 0 saturated carbocycles. The first-order valence-corrected chi connectivity index (χ1v) is 9.30. The number of halogens is 1. The Morgan fingerprint density at radius 1 is 1.41 bits per heavy atom. The van der Waals surface area contributed by atoms with E-state index in [1.807, 2.05) is 45.1 Å². The van der Waals surface area contributed by atoms with Crippen molar-refractivity contribution in [1.29, 1.82) is 0 Å². The van der Waals surface area contributed by atoms with Gasteiger partial charge in [0.2, 0.25) is 5.58 Å². The highest BCUT2D eigenvalue weighted by molar-refractivity contribution is 9.10. The van der Waals surface area contributed by atoms with E-state index in [1.165, 1.54) is 4.90 Å². The Labute approximate surface area is 163 Å². The van der Waals surface area contributed by atoms with Crippen LogP contribution in [0.15, 0.2) is 44.0 Å². The van der Waals surface area contributed by atoms with Crippen molar-refractivity contribution in [3.63, 3.8) is 0 Å². The van der Waals surface area contributed by atoms with E-state index in [1.54, 1.807) is 6.07 Å². The Kier molecular flexibility index (Phi) is 4.10. The summed E-state index contributed by atoms with van der Waals surface area (Å²) >= 11 is 3.43. The van der Waals surface area contributed by atoms with Crippen molar-refractivity contribution in [2.45, 2.75) is 32.4 Å². The van der Waals surface area contributed by atoms with Gasteiger partial charge in [0.1, 0.15) is 28.6 Å². The standard InChI is InChI=1S/C19H18BrN3O4/c1-19(2,3)27-18(25)23-8-4-5-12(23)16-21-14-11-9-10(20)6-7-13(11)26-15(14)17(24)22-16/h4-7,9,12H,8H2,1-3H3,(H,21,22,24). The molecule has 1 unspecified atom stereocenters. The normalized spacial score (nSPS) is 17.2. The van der Waals surface area contributed by atoms with E-state index >= 15 is 0 Å². The number of aromatic nitrogens is 2. The molecule has 27 heavy (non-hydrogen) atoms. The number of carbonyl (C=O) groups excluding carboxylic acids is 1. The van der Waals surface area contributed by atoms with E-state index in [-0.39, 0.29) is 11.1 Å². The molecule has 0 fully saturated rings.